The number of aromatic nitrogens is 1. The number of aryl methyl sites for hydroxylation is 1. The van der Waals surface area contributed by atoms with E-state index in [1.165, 1.54) is 5.56 Å². The Hall–Kier alpha value is -2.07. The van der Waals surface area contributed by atoms with E-state index in [4.69, 9.17) is 14.5 Å². The summed E-state index contributed by atoms with van der Waals surface area (Å²) in [6.45, 7) is 10.5. The van der Waals surface area contributed by atoms with Gasteiger partial charge in [0, 0.05) is 30.8 Å². The van der Waals surface area contributed by atoms with Crippen molar-refractivity contribution in [2.45, 2.75) is 70.0 Å². The normalized spacial score (nSPS) is 22.6. The van der Waals surface area contributed by atoms with Gasteiger partial charge in [-0.1, -0.05) is 30.3 Å². The van der Waals surface area contributed by atoms with Crippen molar-refractivity contribution in [2.75, 3.05) is 23.7 Å². The van der Waals surface area contributed by atoms with E-state index in [9.17, 15) is 5.26 Å². The number of ether oxygens (including phenoxy) is 2. The number of pyridine rings is 1. The molecule has 2 aliphatic rings. The van der Waals surface area contributed by atoms with E-state index in [0.717, 1.165) is 59.2 Å². The Kier molecular flexibility index (Phi) is 6.57. The van der Waals surface area contributed by atoms with Crippen LogP contribution in [0.2, 0.25) is 0 Å². The molecule has 1 fully saturated rings. The van der Waals surface area contributed by atoms with Crippen LogP contribution in [0.15, 0.2) is 35.4 Å². The van der Waals surface area contributed by atoms with Gasteiger partial charge in [0.05, 0.1) is 30.0 Å². The molecular formula is C25H31N3O2S. The minimum atomic E-state index is -0.283. The first kappa shape index (κ1) is 22.1. The quantitative estimate of drug-likeness (QED) is 0.629. The van der Waals surface area contributed by atoms with Crippen molar-refractivity contribution in [1.29, 1.82) is 5.26 Å². The maximum Gasteiger partial charge on any atom is 0.135 e. The molecule has 0 spiro atoms. The van der Waals surface area contributed by atoms with Gasteiger partial charge in [0.15, 0.2) is 0 Å². The van der Waals surface area contributed by atoms with Crippen LogP contribution in [-0.4, -0.2) is 41.6 Å². The van der Waals surface area contributed by atoms with Gasteiger partial charge in [-0.15, -0.1) is 11.8 Å². The number of thioether (sulfide) groups is 1. The van der Waals surface area contributed by atoms with E-state index in [1.54, 1.807) is 11.8 Å². The summed E-state index contributed by atoms with van der Waals surface area (Å²) in [5.41, 5.74) is 3.93. The Labute approximate surface area is 189 Å². The fraction of sp³-hybridized carbons (Fsp3) is 0.520. The van der Waals surface area contributed by atoms with Crippen LogP contribution < -0.4 is 4.90 Å². The molecule has 0 aliphatic carbocycles. The maximum atomic E-state index is 10.1. The molecule has 3 heterocycles. The summed E-state index contributed by atoms with van der Waals surface area (Å²) in [5.74, 6) is 1.86. The number of hydrogen-bond acceptors (Lipinski definition) is 6. The highest BCUT2D eigenvalue weighted by atomic mass is 32.2. The van der Waals surface area contributed by atoms with Gasteiger partial charge in [0.2, 0.25) is 0 Å². The minimum absolute atomic E-state index is 0.145. The lowest BCUT2D eigenvalue weighted by Crippen LogP contribution is -2.47. The van der Waals surface area contributed by atoms with Crippen molar-refractivity contribution in [1.82, 2.24) is 4.98 Å². The van der Waals surface area contributed by atoms with E-state index in [1.807, 2.05) is 6.07 Å². The van der Waals surface area contributed by atoms with E-state index in [-0.39, 0.29) is 17.8 Å². The highest BCUT2D eigenvalue weighted by Crippen LogP contribution is 2.39. The molecule has 4 rings (SSSR count). The van der Waals surface area contributed by atoms with Crippen molar-refractivity contribution in [3.63, 3.8) is 0 Å². The summed E-state index contributed by atoms with van der Waals surface area (Å²) in [4.78, 5) is 7.38. The third kappa shape index (κ3) is 5.06. The number of nitrogens with zero attached hydrogens (tertiary/aromatic N) is 3. The Morgan fingerprint density at radius 2 is 1.87 bits per heavy atom. The molecule has 2 aromatic rings. The molecule has 31 heavy (non-hydrogen) atoms. The monoisotopic (exact) mass is 437 g/mol. The number of fused-ring (bicyclic) bond motifs is 1. The highest BCUT2D eigenvalue weighted by Gasteiger charge is 2.34. The van der Waals surface area contributed by atoms with Gasteiger partial charge in [0.1, 0.15) is 16.9 Å². The first-order valence-electron chi connectivity index (χ1n) is 11.0. The second kappa shape index (κ2) is 9.20. The summed E-state index contributed by atoms with van der Waals surface area (Å²) in [7, 11) is 0. The Balaban J connectivity index is 1.69. The van der Waals surface area contributed by atoms with Crippen LogP contribution >= 0.6 is 11.8 Å². The summed E-state index contributed by atoms with van der Waals surface area (Å²) < 4.78 is 12.1. The van der Waals surface area contributed by atoms with E-state index >= 15 is 0 Å². The minimum Gasteiger partial charge on any atom is -0.372 e. The van der Waals surface area contributed by atoms with Crippen LogP contribution in [0.1, 0.15) is 49.9 Å². The topological polar surface area (TPSA) is 58.4 Å². The first-order valence-corrected chi connectivity index (χ1v) is 12.0. The Morgan fingerprint density at radius 3 is 2.55 bits per heavy atom. The molecule has 0 N–H and O–H groups in total. The van der Waals surface area contributed by atoms with Crippen LogP contribution in [-0.2, 0) is 28.9 Å². The number of hydrogen-bond donors (Lipinski definition) is 0. The zero-order chi connectivity index (χ0) is 22.0. The van der Waals surface area contributed by atoms with E-state index in [2.05, 4.69) is 62.9 Å². The van der Waals surface area contributed by atoms with Crippen LogP contribution in [0.5, 0.6) is 0 Å². The average Bonchev–Trinajstić information content (AvgIpc) is 2.72. The lowest BCUT2D eigenvalue weighted by molar-refractivity contribution is -0.0407. The average molecular weight is 438 g/mol. The number of morpholine rings is 1. The Bertz CT molecular complexity index is 961. The predicted octanol–water partition coefficient (Wildman–Crippen LogP) is 4.75. The van der Waals surface area contributed by atoms with Gasteiger partial charge in [-0.3, -0.25) is 0 Å². The molecule has 1 aromatic heterocycles. The fourth-order valence-electron chi connectivity index (χ4n) is 4.47. The van der Waals surface area contributed by atoms with Crippen molar-refractivity contribution in [3.05, 3.63) is 52.6 Å². The third-order valence-corrected chi connectivity index (χ3v) is 6.85. The zero-order valence-electron chi connectivity index (χ0n) is 18.9. The van der Waals surface area contributed by atoms with Gasteiger partial charge in [-0.25, -0.2) is 4.98 Å². The van der Waals surface area contributed by atoms with E-state index in [0.29, 0.717) is 6.61 Å². The SMILES string of the molecule is CC1CN(c2nc(SCCc3ccccc3)c(C#N)c3c2COC(C)(C)C3)CC(C)O1. The molecule has 1 aromatic carbocycles. The van der Waals surface area contributed by atoms with Crippen molar-refractivity contribution in [3.8, 4) is 6.07 Å². The predicted molar refractivity (Wildman–Crippen MR) is 125 cm³/mol. The molecule has 0 bridgehead atoms. The van der Waals surface area contributed by atoms with Crippen molar-refractivity contribution in [2.24, 2.45) is 0 Å². The first-order chi connectivity index (χ1) is 14.9. The van der Waals surface area contributed by atoms with Crippen LogP contribution in [0.3, 0.4) is 0 Å². The third-order valence-electron chi connectivity index (χ3n) is 5.87. The smallest absolute Gasteiger partial charge is 0.135 e. The molecule has 5 nitrogen and oxygen atoms in total. The molecule has 0 amide bonds. The van der Waals surface area contributed by atoms with Gasteiger partial charge in [-0.2, -0.15) is 5.26 Å². The van der Waals surface area contributed by atoms with Gasteiger partial charge >= 0.3 is 0 Å². The number of rotatable bonds is 5. The molecule has 2 aliphatic heterocycles. The highest BCUT2D eigenvalue weighted by molar-refractivity contribution is 7.99. The van der Waals surface area contributed by atoms with Crippen LogP contribution in [0.4, 0.5) is 5.82 Å². The summed E-state index contributed by atoms with van der Waals surface area (Å²) >= 11 is 1.69. The Morgan fingerprint density at radius 1 is 1.16 bits per heavy atom. The van der Waals surface area contributed by atoms with Gasteiger partial charge < -0.3 is 14.4 Å². The summed E-state index contributed by atoms with van der Waals surface area (Å²) in [5, 5.41) is 10.9. The van der Waals surface area contributed by atoms with Gasteiger partial charge in [-0.05, 0) is 45.2 Å². The van der Waals surface area contributed by atoms with Crippen molar-refractivity contribution >= 4 is 17.6 Å². The molecule has 0 radical (unpaired) electrons. The molecule has 1 saturated heterocycles. The molecular weight excluding hydrogens is 406 g/mol. The summed E-state index contributed by atoms with van der Waals surface area (Å²) in [6, 6.07) is 12.9. The molecule has 2 unspecified atom stereocenters. The molecule has 164 valence electrons. The maximum absolute atomic E-state index is 10.1. The fourth-order valence-corrected chi connectivity index (χ4v) is 5.46. The number of anilines is 1. The van der Waals surface area contributed by atoms with Gasteiger partial charge in [0.25, 0.3) is 0 Å². The second-order valence-electron chi connectivity index (χ2n) is 9.16. The number of nitriles is 1. The molecule has 6 heteroatoms. The lowest BCUT2D eigenvalue weighted by Gasteiger charge is -2.40. The van der Waals surface area contributed by atoms with Crippen LogP contribution in [0.25, 0.3) is 0 Å². The van der Waals surface area contributed by atoms with Crippen molar-refractivity contribution < 1.29 is 9.47 Å². The molecule has 2 atom stereocenters. The standard InChI is InChI=1S/C25H31N3O2S/c1-17-14-28(15-18(2)30-17)23-22-16-29-25(3,4)12-20(22)21(13-26)24(27-23)31-11-10-19-8-6-5-7-9-19/h5-9,17-18H,10-12,14-16H2,1-4H3. The molecule has 0 saturated carbocycles. The lowest BCUT2D eigenvalue weighted by atomic mass is 9.89. The van der Waals surface area contributed by atoms with E-state index < -0.39 is 0 Å². The van der Waals surface area contributed by atoms with Crippen LogP contribution in [0, 0.1) is 11.3 Å². The number of benzene rings is 1. The zero-order valence-corrected chi connectivity index (χ0v) is 19.7. The second-order valence-corrected chi connectivity index (χ2v) is 10.2. The summed E-state index contributed by atoms with van der Waals surface area (Å²) in [6.07, 6.45) is 1.96. The largest absolute Gasteiger partial charge is 0.372 e.